The molecular formula is C18H22N2O5S. The molecule has 1 aromatic heterocycles. The van der Waals surface area contributed by atoms with Gasteiger partial charge in [-0.1, -0.05) is 38.1 Å². The predicted octanol–water partition coefficient (Wildman–Crippen LogP) is 2.60. The minimum atomic E-state index is -1.13. The normalized spacial score (nSPS) is 13.5. The molecule has 0 bridgehead atoms. The Labute approximate surface area is 155 Å². The molecule has 1 amide bonds. The number of carboxylic acid groups (broad SMARTS) is 2. The van der Waals surface area contributed by atoms with Crippen molar-refractivity contribution in [2.24, 2.45) is 5.92 Å². The van der Waals surface area contributed by atoms with E-state index in [9.17, 15) is 24.6 Å². The Kier molecular flexibility index (Phi) is 6.31. The average molecular weight is 378 g/mol. The summed E-state index contributed by atoms with van der Waals surface area (Å²) in [6.07, 6.45) is 1.78. The van der Waals surface area contributed by atoms with Crippen molar-refractivity contribution in [3.8, 4) is 0 Å². The molecule has 3 N–H and O–H groups in total. The summed E-state index contributed by atoms with van der Waals surface area (Å²) in [6.45, 7) is 4.92. The number of benzene rings is 1. The van der Waals surface area contributed by atoms with Gasteiger partial charge in [0.15, 0.2) is 0 Å². The van der Waals surface area contributed by atoms with Crippen LogP contribution in [0.2, 0.25) is 0 Å². The highest BCUT2D eigenvalue weighted by atomic mass is 32.2. The van der Waals surface area contributed by atoms with Crippen molar-refractivity contribution < 1.29 is 24.6 Å². The number of fused-ring (bicyclic) bond motifs is 1. The Balaban J connectivity index is 2.44. The van der Waals surface area contributed by atoms with E-state index in [1.54, 1.807) is 10.8 Å². The Hall–Kier alpha value is -2.48. The first-order valence-corrected chi connectivity index (χ1v) is 9.16. The molecule has 1 heterocycles. The summed E-state index contributed by atoms with van der Waals surface area (Å²) in [7, 11) is 0. The highest BCUT2D eigenvalue weighted by Gasteiger charge is 2.28. The fraction of sp³-hybridized carbons (Fsp3) is 0.389. The van der Waals surface area contributed by atoms with Crippen LogP contribution in [0.1, 0.15) is 26.8 Å². The smallest absolute Gasteiger partial charge is 0.327 e. The van der Waals surface area contributed by atoms with Crippen LogP contribution in [0.5, 0.6) is 0 Å². The van der Waals surface area contributed by atoms with Gasteiger partial charge < -0.3 is 20.1 Å². The van der Waals surface area contributed by atoms with E-state index in [0.29, 0.717) is 5.03 Å². The number of carboxylic acids is 2. The molecule has 140 valence electrons. The zero-order valence-electron chi connectivity index (χ0n) is 14.8. The number of nitrogens with zero attached hydrogens (tertiary/aromatic N) is 1. The summed E-state index contributed by atoms with van der Waals surface area (Å²) < 4.78 is 1.69. The molecule has 8 heteroatoms. The van der Waals surface area contributed by atoms with Gasteiger partial charge in [0.1, 0.15) is 12.1 Å². The summed E-state index contributed by atoms with van der Waals surface area (Å²) in [4.78, 5) is 34.4. The Morgan fingerprint density at radius 3 is 2.35 bits per heavy atom. The van der Waals surface area contributed by atoms with E-state index in [1.807, 2.05) is 38.1 Å². The molecule has 0 aliphatic carbocycles. The van der Waals surface area contributed by atoms with Gasteiger partial charge in [-0.2, -0.15) is 0 Å². The number of aliphatic carboxylic acids is 2. The van der Waals surface area contributed by atoms with Gasteiger partial charge in [-0.05, 0) is 5.92 Å². The van der Waals surface area contributed by atoms with Crippen molar-refractivity contribution in [1.82, 2.24) is 9.88 Å². The highest BCUT2D eigenvalue weighted by Crippen LogP contribution is 2.35. The van der Waals surface area contributed by atoms with Crippen LogP contribution < -0.4 is 5.32 Å². The third kappa shape index (κ3) is 4.37. The first-order chi connectivity index (χ1) is 12.2. The summed E-state index contributed by atoms with van der Waals surface area (Å²) in [6, 6.07) is 5.66. The predicted molar refractivity (Wildman–Crippen MR) is 99.4 cm³/mol. The monoisotopic (exact) mass is 378 g/mol. The second-order valence-corrected chi connectivity index (χ2v) is 7.37. The molecule has 26 heavy (non-hydrogen) atoms. The lowest BCUT2D eigenvalue weighted by molar-refractivity contribution is -0.142. The van der Waals surface area contributed by atoms with Crippen LogP contribution in [0.15, 0.2) is 35.5 Å². The van der Waals surface area contributed by atoms with Gasteiger partial charge in [-0.15, -0.1) is 11.8 Å². The molecule has 0 saturated carbocycles. The molecule has 1 aromatic carbocycles. The molecule has 0 aliphatic rings. The van der Waals surface area contributed by atoms with E-state index in [4.69, 9.17) is 0 Å². The fourth-order valence-corrected chi connectivity index (χ4v) is 4.03. The zero-order chi connectivity index (χ0) is 19.4. The maximum atomic E-state index is 11.8. The average Bonchev–Trinajstić information content (AvgIpc) is 2.88. The number of rotatable bonds is 8. The van der Waals surface area contributed by atoms with E-state index < -0.39 is 29.9 Å². The molecule has 2 rings (SSSR count). The Morgan fingerprint density at radius 1 is 1.15 bits per heavy atom. The van der Waals surface area contributed by atoms with Crippen molar-refractivity contribution in [1.29, 1.82) is 0 Å². The second-order valence-electron chi connectivity index (χ2n) is 6.36. The van der Waals surface area contributed by atoms with Crippen LogP contribution in [-0.2, 0) is 14.4 Å². The molecular weight excluding hydrogens is 356 g/mol. The first-order valence-electron chi connectivity index (χ1n) is 8.17. The molecule has 0 radical (unpaired) electrons. The number of carbonyl (C=O) groups is 3. The minimum Gasteiger partial charge on any atom is -0.480 e. The van der Waals surface area contributed by atoms with Crippen molar-refractivity contribution in [3.05, 3.63) is 30.5 Å². The van der Waals surface area contributed by atoms with Gasteiger partial charge in [-0.25, -0.2) is 9.59 Å². The fourth-order valence-electron chi connectivity index (χ4n) is 2.82. The summed E-state index contributed by atoms with van der Waals surface area (Å²) in [5, 5.41) is 23.8. The van der Waals surface area contributed by atoms with Crippen molar-refractivity contribution in [2.75, 3.05) is 5.75 Å². The van der Waals surface area contributed by atoms with E-state index in [0.717, 1.165) is 10.8 Å². The molecule has 0 aliphatic heterocycles. The largest absolute Gasteiger partial charge is 0.480 e. The lowest BCUT2D eigenvalue weighted by Gasteiger charge is -2.21. The summed E-state index contributed by atoms with van der Waals surface area (Å²) in [5.41, 5.74) is 0. The second kappa shape index (κ2) is 8.27. The lowest BCUT2D eigenvalue weighted by Crippen LogP contribution is -2.41. The molecule has 0 fully saturated rings. The van der Waals surface area contributed by atoms with E-state index in [2.05, 4.69) is 5.32 Å². The third-order valence-electron chi connectivity index (χ3n) is 3.95. The Bertz CT molecular complexity index is 830. The number of carbonyl (C=O) groups excluding carboxylic acids is 1. The van der Waals surface area contributed by atoms with Crippen LogP contribution in [0.4, 0.5) is 0 Å². The van der Waals surface area contributed by atoms with E-state index in [-0.39, 0.29) is 11.7 Å². The van der Waals surface area contributed by atoms with Gasteiger partial charge in [0.25, 0.3) is 0 Å². The van der Waals surface area contributed by atoms with Crippen LogP contribution in [0.25, 0.3) is 10.8 Å². The van der Waals surface area contributed by atoms with E-state index >= 15 is 0 Å². The van der Waals surface area contributed by atoms with Crippen LogP contribution >= 0.6 is 11.8 Å². The number of hydrogen-bond donors (Lipinski definition) is 3. The van der Waals surface area contributed by atoms with Crippen molar-refractivity contribution >= 4 is 40.4 Å². The minimum absolute atomic E-state index is 0.0906. The molecule has 0 unspecified atom stereocenters. The molecule has 7 nitrogen and oxygen atoms in total. The van der Waals surface area contributed by atoms with Gasteiger partial charge in [0.05, 0.1) is 5.03 Å². The summed E-state index contributed by atoms with van der Waals surface area (Å²) in [5.74, 6) is -2.57. The van der Waals surface area contributed by atoms with E-state index in [1.165, 1.54) is 18.7 Å². The van der Waals surface area contributed by atoms with Crippen LogP contribution in [-0.4, -0.2) is 44.4 Å². The number of aromatic nitrogens is 1. The van der Waals surface area contributed by atoms with Crippen LogP contribution in [0, 0.1) is 5.92 Å². The third-order valence-corrected chi connectivity index (χ3v) is 5.15. The SMILES string of the molecule is CC(=O)N[C@@H](CSc1c2ccccc2cn1[C@@H](C(=O)O)C(C)C)C(=O)O. The molecule has 2 aromatic rings. The maximum absolute atomic E-state index is 11.8. The number of amides is 1. The lowest BCUT2D eigenvalue weighted by atomic mass is 10.0. The highest BCUT2D eigenvalue weighted by molar-refractivity contribution is 7.99. The topological polar surface area (TPSA) is 109 Å². The maximum Gasteiger partial charge on any atom is 0.327 e. The summed E-state index contributed by atoms with van der Waals surface area (Å²) >= 11 is 1.23. The molecule has 2 atom stereocenters. The zero-order valence-corrected chi connectivity index (χ0v) is 15.6. The van der Waals surface area contributed by atoms with Crippen molar-refractivity contribution in [3.63, 3.8) is 0 Å². The van der Waals surface area contributed by atoms with Gasteiger partial charge >= 0.3 is 11.9 Å². The Morgan fingerprint density at radius 2 is 1.81 bits per heavy atom. The quantitative estimate of drug-likeness (QED) is 0.609. The standard InChI is InChI=1S/C18H22N2O5S/c1-10(2)15(18(24)25)20-8-12-6-4-5-7-13(12)16(20)26-9-14(17(22)23)19-11(3)21/h4-8,10,14-15H,9H2,1-3H3,(H,19,21)(H,22,23)(H,24,25)/t14-,15+/m0/s1. The molecule has 0 spiro atoms. The van der Waals surface area contributed by atoms with Gasteiger partial charge in [0, 0.05) is 29.6 Å². The first kappa shape index (κ1) is 19.8. The van der Waals surface area contributed by atoms with Crippen molar-refractivity contribution in [2.45, 2.75) is 37.9 Å². The number of nitrogens with one attached hydrogen (secondary N) is 1. The number of hydrogen-bond acceptors (Lipinski definition) is 4. The molecule has 0 saturated heterocycles. The van der Waals surface area contributed by atoms with Gasteiger partial charge in [-0.3, -0.25) is 4.79 Å². The van der Waals surface area contributed by atoms with Crippen LogP contribution in [0.3, 0.4) is 0 Å². The number of thioether (sulfide) groups is 1. The van der Waals surface area contributed by atoms with Gasteiger partial charge in [0.2, 0.25) is 5.91 Å².